The number of aryl methyl sites for hydroxylation is 1. The standard InChI is InChI=1S/C27H29N3O8S/c1-35-22-12-15-8-10-19(29-27(32)20-7-5-6-16(28-20)14-38-30(33)34)18-13-21(31)23(39-4)11-9-17(18)24(15)26(37-3)25(22)36-2/h5-7,9,11-13,19,33-34H,8,10,14H2,1-4H3,(H,29,32)/t19-/m0/s1. The molecule has 1 atom stereocenters. The normalized spacial score (nSPS) is 14.2. The molecular weight excluding hydrogens is 526 g/mol. The fraction of sp³-hybridized carbons (Fsp3) is 0.296. The third kappa shape index (κ3) is 6.00. The topological polar surface area (TPSA) is 140 Å². The number of rotatable bonds is 9. The number of pyridine rings is 1. The monoisotopic (exact) mass is 555 g/mol. The number of carbonyl (C=O) groups excluding carboxylic acids is 1. The number of carbonyl (C=O) groups is 1. The van der Waals surface area contributed by atoms with Gasteiger partial charge in [-0.3, -0.25) is 20.0 Å². The van der Waals surface area contributed by atoms with Crippen LogP contribution >= 0.6 is 11.8 Å². The first-order valence-electron chi connectivity index (χ1n) is 11.9. The van der Waals surface area contributed by atoms with Crippen LogP contribution in [0.5, 0.6) is 17.2 Å². The molecule has 11 nitrogen and oxygen atoms in total. The lowest BCUT2D eigenvalue weighted by Gasteiger charge is -2.20. The Bertz CT molecular complexity index is 1430. The van der Waals surface area contributed by atoms with Crippen molar-refractivity contribution < 1.29 is 34.3 Å². The molecule has 1 aliphatic rings. The van der Waals surface area contributed by atoms with Gasteiger partial charge in [0, 0.05) is 5.56 Å². The van der Waals surface area contributed by atoms with Crippen molar-refractivity contribution in [2.45, 2.75) is 30.4 Å². The number of fused-ring (bicyclic) bond motifs is 3. The summed E-state index contributed by atoms with van der Waals surface area (Å²) in [6.45, 7) is -0.258. The SMILES string of the molecule is COc1cc2c(c(OC)c1OC)-c1ccc(SC)c(=O)cc1[C@@H](NC(=O)c1cccc(CON(O)O)n1)CC2. The minimum absolute atomic E-state index is 0.107. The van der Waals surface area contributed by atoms with Crippen molar-refractivity contribution >= 4 is 17.7 Å². The maximum atomic E-state index is 13.3. The van der Waals surface area contributed by atoms with E-state index in [1.165, 1.54) is 24.9 Å². The maximum absolute atomic E-state index is 13.3. The van der Waals surface area contributed by atoms with Gasteiger partial charge in [-0.15, -0.1) is 11.8 Å². The molecule has 12 heteroatoms. The second-order valence-electron chi connectivity index (χ2n) is 8.56. The quantitative estimate of drug-likeness (QED) is 0.262. The smallest absolute Gasteiger partial charge is 0.270 e. The van der Waals surface area contributed by atoms with E-state index in [0.717, 1.165) is 16.7 Å². The Labute approximate surface area is 229 Å². The van der Waals surface area contributed by atoms with E-state index in [9.17, 15) is 9.59 Å². The first kappa shape index (κ1) is 28.3. The summed E-state index contributed by atoms with van der Waals surface area (Å²) in [5.41, 5.74) is 3.29. The van der Waals surface area contributed by atoms with Crippen LogP contribution in [0.15, 0.2) is 52.2 Å². The highest BCUT2D eigenvalue weighted by Gasteiger charge is 2.30. The molecular formula is C27H29N3O8S. The molecule has 0 fully saturated rings. The zero-order chi connectivity index (χ0) is 28.1. The van der Waals surface area contributed by atoms with Gasteiger partial charge in [0.05, 0.1) is 43.4 Å². The van der Waals surface area contributed by atoms with Gasteiger partial charge >= 0.3 is 0 Å². The van der Waals surface area contributed by atoms with Gasteiger partial charge in [0.2, 0.25) is 5.75 Å². The van der Waals surface area contributed by atoms with Crippen LogP contribution in [-0.4, -0.2) is 54.3 Å². The Morgan fingerprint density at radius 1 is 1.10 bits per heavy atom. The third-order valence-corrected chi connectivity index (χ3v) is 7.17. The van der Waals surface area contributed by atoms with Gasteiger partial charge in [-0.2, -0.15) is 0 Å². The summed E-state index contributed by atoms with van der Waals surface area (Å²) in [7, 11) is 4.63. The lowest BCUT2D eigenvalue weighted by Crippen LogP contribution is -2.30. The number of hydrogen-bond donors (Lipinski definition) is 3. The number of benzene rings is 1. The number of amides is 1. The molecule has 0 unspecified atom stereocenters. The molecule has 206 valence electrons. The number of ether oxygens (including phenoxy) is 3. The van der Waals surface area contributed by atoms with E-state index in [0.29, 0.717) is 46.2 Å². The second-order valence-corrected chi connectivity index (χ2v) is 9.41. The summed E-state index contributed by atoms with van der Waals surface area (Å²) in [5.74, 6) is 0.952. The molecule has 1 aliphatic carbocycles. The fourth-order valence-corrected chi connectivity index (χ4v) is 5.12. The van der Waals surface area contributed by atoms with E-state index in [-0.39, 0.29) is 17.7 Å². The molecule has 0 bridgehead atoms. The van der Waals surface area contributed by atoms with Crippen molar-refractivity contribution in [3.05, 3.63) is 75.2 Å². The predicted octanol–water partition coefficient (Wildman–Crippen LogP) is 3.79. The number of nitrogens with one attached hydrogen (secondary N) is 1. The van der Waals surface area contributed by atoms with Crippen molar-refractivity contribution in [1.29, 1.82) is 0 Å². The van der Waals surface area contributed by atoms with E-state index in [4.69, 9.17) is 24.6 Å². The molecule has 0 spiro atoms. The minimum atomic E-state index is -0.538. The van der Waals surface area contributed by atoms with Crippen LogP contribution in [-0.2, 0) is 17.9 Å². The molecule has 1 aromatic heterocycles. The van der Waals surface area contributed by atoms with Crippen LogP contribution in [0.25, 0.3) is 11.1 Å². The average molecular weight is 556 g/mol. The molecule has 2 aromatic carbocycles. The lowest BCUT2D eigenvalue weighted by atomic mass is 9.95. The van der Waals surface area contributed by atoms with Gasteiger partial charge in [-0.1, -0.05) is 12.1 Å². The molecule has 4 rings (SSSR count). The number of methoxy groups -OCH3 is 3. The Kier molecular flexibility index (Phi) is 9.04. The van der Waals surface area contributed by atoms with Crippen LogP contribution in [0.3, 0.4) is 0 Å². The van der Waals surface area contributed by atoms with Gasteiger partial charge in [0.25, 0.3) is 5.91 Å². The van der Waals surface area contributed by atoms with Crippen LogP contribution in [0.1, 0.15) is 39.8 Å². The summed E-state index contributed by atoms with van der Waals surface area (Å²) in [6, 6.07) is 11.3. The molecule has 0 aliphatic heterocycles. The zero-order valence-electron chi connectivity index (χ0n) is 21.9. The van der Waals surface area contributed by atoms with Crippen LogP contribution in [0.2, 0.25) is 0 Å². The molecule has 3 aromatic rings. The molecule has 0 saturated heterocycles. The summed E-state index contributed by atoms with van der Waals surface area (Å²) in [6.07, 6.45) is 2.86. The summed E-state index contributed by atoms with van der Waals surface area (Å²) < 4.78 is 17.0. The maximum Gasteiger partial charge on any atom is 0.270 e. The van der Waals surface area contributed by atoms with Crippen molar-refractivity contribution in [1.82, 2.24) is 15.7 Å². The molecule has 1 amide bonds. The first-order valence-corrected chi connectivity index (χ1v) is 13.2. The van der Waals surface area contributed by atoms with Gasteiger partial charge in [-0.25, -0.2) is 9.82 Å². The Morgan fingerprint density at radius 2 is 1.87 bits per heavy atom. The van der Waals surface area contributed by atoms with Gasteiger partial charge < -0.3 is 19.5 Å². The summed E-state index contributed by atoms with van der Waals surface area (Å²) in [4.78, 5) is 35.9. The van der Waals surface area contributed by atoms with Crippen molar-refractivity contribution in [3.63, 3.8) is 0 Å². The van der Waals surface area contributed by atoms with Gasteiger partial charge in [0.15, 0.2) is 16.9 Å². The molecule has 0 radical (unpaired) electrons. The Morgan fingerprint density at radius 3 is 2.54 bits per heavy atom. The zero-order valence-corrected chi connectivity index (χ0v) is 22.7. The van der Waals surface area contributed by atoms with Gasteiger partial charge in [0.1, 0.15) is 12.3 Å². The van der Waals surface area contributed by atoms with E-state index < -0.39 is 17.3 Å². The van der Waals surface area contributed by atoms with E-state index in [2.05, 4.69) is 15.1 Å². The van der Waals surface area contributed by atoms with Crippen LogP contribution in [0.4, 0.5) is 0 Å². The predicted molar refractivity (Wildman–Crippen MR) is 143 cm³/mol. The van der Waals surface area contributed by atoms with Gasteiger partial charge in [-0.05, 0) is 66.1 Å². The minimum Gasteiger partial charge on any atom is -0.493 e. The fourth-order valence-electron chi connectivity index (χ4n) is 4.66. The van der Waals surface area contributed by atoms with Crippen molar-refractivity contribution in [3.8, 4) is 28.4 Å². The Balaban J connectivity index is 1.82. The van der Waals surface area contributed by atoms with Crippen LogP contribution < -0.4 is 25.0 Å². The molecule has 39 heavy (non-hydrogen) atoms. The highest BCUT2D eigenvalue weighted by Crippen LogP contribution is 2.50. The Hall–Kier alpha value is -3.68. The van der Waals surface area contributed by atoms with E-state index in [1.54, 1.807) is 38.5 Å². The van der Waals surface area contributed by atoms with E-state index >= 15 is 0 Å². The molecule has 3 N–H and O–H groups in total. The largest absolute Gasteiger partial charge is 0.493 e. The highest BCUT2D eigenvalue weighted by molar-refractivity contribution is 7.98. The molecule has 1 heterocycles. The van der Waals surface area contributed by atoms with E-state index in [1.807, 2.05) is 18.4 Å². The van der Waals surface area contributed by atoms with Crippen molar-refractivity contribution in [2.75, 3.05) is 27.6 Å². The highest BCUT2D eigenvalue weighted by atomic mass is 32.2. The first-order chi connectivity index (χ1) is 18.8. The number of nitrogens with zero attached hydrogens (tertiary/aromatic N) is 2. The average Bonchev–Trinajstić information content (AvgIpc) is 3.19. The molecule has 0 saturated carbocycles. The summed E-state index contributed by atoms with van der Waals surface area (Å²) in [5, 5.41) is 20.2. The number of hydrogen-bond acceptors (Lipinski definition) is 11. The van der Waals surface area contributed by atoms with Crippen molar-refractivity contribution in [2.24, 2.45) is 0 Å². The second kappa shape index (κ2) is 12.5. The van der Waals surface area contributed by atoms with Crippen LogP contribution in [0, 0.1) is 0 Å². The number of thioether (sulfide) groups is 1. The summed E-state index contributed by atoms with van der Waals surface area (Å²) >= 11 is 1.34. The lowest BCUT2D eigenvalue weighted by molar-refractivity contribution is -0.497. The third-order valence-electron chi connectivity index (χ3n) is 6.39. The number of aromatic nitrogens is 1.